The first kappa shape index (κ1) is 11.9. The second-order valence-electron chi connectivity index (χ2n) is 4.59. The fourth-order valence-corrected chi connectivity index (χ4v) is 2.90. The third-order valence-corrected chi connectivity index (χ3v) is 3.75. The Morgan fingerprint density at radius 1 is 1.50 bits per heavy atom. The summed E-state index contributed by atoms with van der Waals surface area (Å²) in [7, 11) is 0. The molecule has 2 rings (SSSR count). The predicted molar refractivity (Wildman–Crippen MR) is 65.1 cm³/mol. The maximum Gasteiger partial charge on any atom is 0.123 e. The van der Waals surface area contributed by atoms with Gasteiger partial charge in [0, 0.05) is 18.5 Å². The van der Waals surface area contributed by atoms with Crippen LogP contribution in [-0.4, -0.2) is 23.4 Å². The molecular weight excluding hydrogens is 225 g/mol. The molecule has 1 aliphatic heterocycles. The molecule has 0 N–H and O–H groups in total. The summed E-state index contributed by atoms with van der Waals surface area (Å²) in [6.45, 7) is 4.10. The van der Waals surface area contributed by atoms with E-state index in [1.165, 1.54) is 12.5 Å². The van der Waals surface area contributed by atoms with E-state index in [0.29, 0.717) is 17.8 Å². The molecule has 2 atom stereocenters. The van der Waals surface area contributed by atoms with E-state index in [-0.39, 0.29) is 5.82 Å². The molecule has 1 aromatic rings. The average molecular weight is 242 g/mol. The van der Waals surface area contributed by atoms with Crippen LogP contribution in [-0.2, 0) is 6.54 Å². The normalized spacial score (nSPS) is 26.2. The number of rotatable bonds is 3. The molecule has 1 aromatic carbocycles. The third kappa shape index (κ3) is 2.55. The Balaban J connectivity index is 2.04. The van der Waals surface area contributed by atoms with Gasteiger partial charge in [-0.1, -0.05) is 19.1 Å². The number of hydrogen-bond donors (Lipinski definition) is 0. The lowest BCUT2D eigenvalue weighted by molar-refractivity contribution is 0.242. The van der Waals surface area contributed by atoms with E-state index in [9.17, 15) is 4.39 Å². The van der Waals surface area contributed by atoms with Gasteiger partial charge in [0.05, 0.1) is 0 Å². The zero-order valence-corrected chi connectivity index (χ0v) is 10.3. The van der Waals surface area contributed by atoms with Crippen molar-refractivity contribution in [3.8, 4) is 0 Å². The molecule has 88 valence electrons. The van der Waals surface area contributed by atoms with Gasteiger partial charge in [0.1, 0.15) is 5.82 Å². The minimum Gasteiger partial charge on any atom is -0.295 e. The molecule has 1 saturated heterocycles. The largest absolute Gasteiger partial charge is 0.295 e. The Morgan fingerprint density at radius 3 is 3.00 bits per heavy atom. The van der Waals surface area contributed by atoms with Crippen molar-refractivity contribution in [2.45, 2.75) is 25.9 Å². The minimum absolute atomic E-state index is 0.160. The molecule has 1 aliphatic rings. The molecule has 0 aromatic heterocycles. The lowest BCUT2D eigenvalue weighted by atomic mass is 10.0. The standard InChI is InChI=1S/C13H17ClFN/c1-10-5-6-16(13(10)8-14)9-11-3-2-4-12(15)7-11/h2-4,7,10,13H,5-6,8-9H2,1H3. The van der Waals surface area contributed by atoms with Crippen molar-refractivity contribution in [3.63, 3.8) is 0 Å². The van der Waals surface area contributed by atoms with Gasteiger partial charge in [-0.05, 0) is 36.6 Å². The van der Waals surface area contributed by atoms with E-state index in [1.807, 2.05) is 6.07 Å². The fourth-order valence-electron chi connectivity index (χ4n) is 2.40. The summed E-state index contributed by atoms with van der Waals surface area (Å²) in [5.41, 5.74) is 1.03. The lowest BCUT2D eigenvalue weighted by Crippen LogP contribution is -2.33. The zero-order chi connectivity index (χ0) is 11.5. The van der Waals surface area contributed by atoms with E-state index in [4.69, 9.17) is 11.6 Å². The van der Waals surface area contributed by atoms with Gasteiger partial charge >= 0.3 is 0 Å². The highest BCUT2D eigenvalue weighted by molar-refractivity contribution is 6.18. The highest BCUT2D eigenvalue weighted by Gasteiger charge is 2.29. The molecule has 0 spiro atoms. The predicted octanol–water partition coefficient (Wildman–Crippen LogP) is 3.27. The first-order chi connectivity index (χ1) is 7.70. The van der Waals surface area contributed by atoms with Crippen LogP contribution in [0.2, 0.25) is 0 Å². The monoisotopic (exact) mass is 241 g/mol. The summed E-state index contributed by atoms with van der Waals surface area (Å²) in [4.78, 5) is 2.35. The Hall–Kier alpha value is -0.600. The van der Waals surface area contributed by atoms with Crippen LogP contribution in [0.4, 0.5) is 4.39 Å². The number of alkyl halides is 1. The van der Waals surface area contributed by atoms with Crippen molar-refractivity contribution in [1.29, 1.82) is 0 Å². The van der Waals surface area contributed by atoms with E-state index in [0.717, 1.165) is 18.7 Å². The number of likely N-dealkylation sites (tertiary alicyclic amines) is 1. The highest BCUT2D eigenvalue weighted by Crippen LogP contribution is 2.26. The van der Waals surface area contributed by atoms with Crippen LogP contribution < -0.4 is 0 Å². The molecule has 0 aliphatic carbocycles. The maximum absolute atomic E-state index is 13.1. The zero-order valence-electron chi connectivity index (χ0n) is 9.50. The van der Waals surface area contributed by atoms with Crippen molar-refractivity contribution in [2.24, 2.45) is 5.92 Å². The number of hydrogen-bond acceptors (Lipinski definition) is 1. The van der Waals surface area contributed by atoms with E-state index >= 15 is 0 Å². The highest BCUT2D eigenvalue weighted by atomic mass is 35.5. The lowest BCUT2D eigenvalue weighted by Gasteiger charge is -2.24. The van der Waals surface area contributed by atoms with E-state index in [1.54, 1.807) is 12.1 Å². The van der Waals surface area contributed by atoms with Crippen molar-refractivity contribution < 1.29 is 4.39 Å². The summed E-state index contributed by atoms with van der Waals surface area (Å²) in [5, 5.41) is 0. The van der Waals surface area contributed by atoms with Crippen LogP contribution in [0, 0.1) is 11.7 Å². The van der Waals surface area contributed by atoms with Crippen LogP contribution in [0.15, 0.2) is 24.3 Å². The Kier molecular flexibility index (Phi) is 3.82. The van der Waals surface area contributed by atoms with Crippen molar-refractivity contribution in [3.05, 3.63) is 35.6 Å². The first-order valence-corrected chi connectivity index (χ1v) is 6.28. The smallest absolute Gasteiger partial charge is 0.123 e. The molecule has 16 heavy (non-hydrogen) atoms. The van der Waals surface area contributed by atoms with Crippen LogP contribution in [0.1, 0.15) is 18.9 Å². The van der Waals surface area contributed by atoms with Gasteiger partial charge in [-0.25, -0.2) is 4.39 Å². The quantitative estimate of drug-likeness (QED) is 0.735. The van der Waals surface area contributed by atoms with E-state index < -0.39 is 0 Å². The number of nitrogens with zero attached hydrogens (tertiary/aromatic N) is 1. The molecule has 2 unspecified atom stereocenters. The molecule has 1 fully saturated rings. The van der Waals surface area contributed by atoms with Gasteiger partial charge in [0.2, 0.25) is 0 Å². The Labute approximate surface area is 101 Å². The first-order valence-electron chi connectivity index (χ1n) is 5.75. The fraction of sp³-hybridized carbons (Fsp3) is 0.538. The molecule has 0 radical (unpaired) electrons. The van der Waals surface area contributed by atoms with Crippen LogP contribution in [0.3, 0.4) is 0 Å². The number of benzene rings is 1. The van der Waals surface area contributed by atoms with Gasteiger partial charge in [-0.15, -0.1) is 11.6 Å². The average Bonchev–Trinajstić information content (AvgIpc) is 2.59. The van der Waals surface area contributed by atoms with Crippen LogP contribution >= 0.6 is 11.6 Å². The summed E-state index contributed by atoms with van der Waals surface area (Å²) in [6, 6.07) is 7.26. The SMILES string of the molecule is CC1CCN(Cc2cccc(F)c2)C1CCl. The van der Waals surface area contributed by atoms with E-state index in [2.05, 4.69) is 11.8 Å². The second kappa shape index (κ2) is 5.15. The topological polar surface area (TPSA) is 3.24 Å². The van der Waals surface area contributed by atoms with Crippen LogP contribution in [0.25, 0.3) is 0 Å². The second-order valence-corrected chi connectivity index (χ2v) is 4.90. The molecule has 1 nitrogen and oxygen atoms in total. The maximum atomic E-state index is 13.1. The van der Waals surface area contributed by atoms with Gasteiger partial charge < -0.3 is 0 Å². The van der Waals surface area contributed by atoms with Gasteiger partial charge in [-0.3, -0.25) is 4.90 Å². The molecule has 0 bridgehead atoms. The van der Waals surface area contributed by atoms with Gasteiger partial charge in [0.25, 0.3) is 0 Å². The summed E-state index contributed by atoms with van der Waals surface area (Å²) < 4.78 is 13.1. The molecule has 0 amide bonds. The molecule has 3 heteroatoms. The summed E-state index contributed by atoms with van der Waals surface area (Å²) in [5.74, 6) is 1.15. The van der Waals surface area contributed by atoms with Gasteiger partial charge in [0.15, 0.2) is 0 Å². The Bertz CT molecular complexity index is 356. The summed E-state index contributed by atoms with van der Waals surface area (Å²) >= 11 is 5.98. The molecular formula is C13H17ClFN. The summed E-state index contributed by atoms with van der Waals surface area (Å²) in [6.07, 6.45) is 1.19. The van der Waals surface area contributed by atoms with Crippen molar-refractivity contribution in [1.82, 2.24) is 4.90 Å². The molecule has 0 saturated carbocycles. The number of halogens is 2. The Morgan fingerprint density at radius 2 is 2.31 bits per heavy atom. The van der Waals surface area contributed by atoms with Crippen molar-refractivity contribution >= 4 is 11.6 Å². The van der Waals surface area contributed by atoms with Crippen molar-refractivity contribution in [2.75, 3.05) is 12.4 Å². The molecule has 1 heterocycles. The van der Waals surface area contributed by atoms with Gasteiger partial charge in [-0.2, -0.15) is 0 Å². The van der Waals surface area contributed by atoms with Crippen LogP contribution in [0.5, 0.6) is 0 Å². The third-order valence-electron chi connectivity index (χ3n) is 3.43. The minimum atomic E-state index is -0.160.